The highest BCUT2D eigenvalue weighted by Gasteiger charge is 2.49. The third-order valence-electron chi connectivity index (χ3n) is 9.22. The Hall–Kier alpha value is -4.43. The summed E-state index contributed by atoms with van der Waals surface area (Å²) in [5.74, 6) is -3.21. The van der Waals surface area contributed by atoms with Crippen molar-refractivity contribution in [1.82, 2.24) is 31.9 Å². The molecule has 2 aliphatic rings. The van der Waals surface area contributed by atoms with E-state index in [1.807, 2.05) is 0 Å². The Morgan fingerprint density at radius 2 is 1.53 bits per heavy atom. The van der Waals surface area contributed by atoms with Crippen LogP contribution < -0.4 is 60.6 Å². The second-order valence-corrected chi connectivity index (χ2v) is 14.1. The van der Waals surface area contributed by atoms with Crippen LogP contribution >= 0.6 is 0 Å². The average Bonchev–Trinajstić information content (AvgIpc) is 3.57. The fraction of sp³-hybridized carbons (Fsp3) is 0.788. The van der Waals surface area contributed by atoms with Gasteiger partial charge < -0.3 is 90.5 Å². The molecular weight excluding hydrogens is 756 g/mol. The van der Waals surface area contributed by atoms with Crippen LogP contribution in [-0.4, -0.2) is 162 Å². The molecule has 2 heterocycles. The maximum atomic E-state index is 13.4. The molecule has 0 aliphatic carbocycles. The number of hydrogen-bond donors (Lipinski definition) is 15. The van der Waals surface area contributed by atoms with Crippen LogP contribution in [-0.2, 0) is 33.4 Å². The number of primary amides is 1. The van der Waals surface area contributed by atoms with E-state index in [4.69, 9.17) is 38.1 Å². The van der Waals surface area contributed by atoms with Crippen LogP contribution in [0.4, 0.5) is 4.79 Å². The molecule has 24 heteroatoms. The van der Waals surface area contributed by atoms with Crippen molar-refractivity contribution in [1.29, 1.82) is 0 Å². The van der Waals surface area contributed by atoms with Gasteiger partial charge in [0.15, 0.2) is 24.3 Å². The van der Waals surface area contributed by atoms with E-state index in [2.05, 4.69) is 36.9 Å². The largest absolute Gasteiger partial charge is 0.480 e. The highest BCUT2D eigenvalue weighted by atomic mass is 16.6. The zero-order valence-electron chi connectivity index (χ0n) is 32.1. The normalized spacial score (nSPS) is 25.1. The lowest BCUT2D eigenvalue weighted by Gasteiger charge is -2.44. The first kappa shape index (κ1) is 48.7. The molecule has 5 amide bonds. The molecule has 0 radical (unpaired) electrons. The number of aliphatic imine (C=N–C) groups is 1. The molecule has 0 bridgehead atoms. The quantitative estimate of drug-likeness (QED) is 0.0381. The minimum absolute atomic E-state index is 0.0428. The van der Waals surface area contributed by atoms with Crippen LogP contribution in [0, 0.1) is 0 Å². The molecule has 11 atom stereocenters. The first-order valence-corrected chi connectivity index (χ1v) is 18.9. The van der Waals surface area contributed by atoms with Crippen molar-refractivity contribution >= 4 is 41.7 Å². The fourth-order valence-corrected chi connectivity index (χ4v) is 6.39. The highest BCUT2D eigenvalue weighted by molar-refractivity contribution is 5.89. The van der Waals surface area contributed by atoms with E-state index < -0.39 is 91.3 Å². The third-order valence-corrected chi connectivity index (χ3v) is 9.22. The molecule has 57 heavy (non-hydrogen) atoms. The molecule has 0 saturated carbocycles. The summed E-state index contributed by atoms with van der Waals surface area (Å²) in [7, 11) is 0. The SMILES string of the molecule is CC(=O)NC(CCCNC(=O)CC(N)CCCNC(=O)CC(N)CCCN)CC(=O)NC1C(NC2=NC(C(=O)O)C(C(O)CN)N2)OC(CO)C(OC(N)=O)C1O. The van der Waals surface area contributed by atoms with Gasteiger partial charge in [-0.25, -0.2) is 14.6 Å². The topological polar surface area (TPSA) is 416 Å². The number of nitrogens with two attached hydrogens (primary N) is 5. The standard InChI is InChI=1S/C33H62N12O12/c1-16(47)41-19(7-4-10-40-23(50)12-18(37)6-3-9-39-22(49)11-17(36)5-2-8-34)13-24(51)42-27-28(52)29(57-32(38)55)21(15-46)56-30(27)45-33-43-25(20(48)14-35)26(44-33)31(53)54/h17-21,25-30,46,48,52H,2-15,34-37H2,1H3,(H2,38,55)(H,39,49)(H,40,50)(H,41,47)(H,42,51)(H,53,54)(H2,43,44,45). The number of nitrogens with one attached hydrogen (secondary N) is 6. The van der Waals surface area contributed by atoms with E-state index in [1.165, 1.54) is 6.92 Å². The number of carbonyl (C=O) groups is 6. The van der Waals surface area contributed by atoms with Gasteiger partial charge in [-0.1, -0.05) is 0 Å². The van der Waals surface area contributed by atoms with Gasteiger partial charge in [-0.05, 0) is 45.1 Å². The zero-order chi connectivity index (χ0) is 42.7. The van der Waals surface area contributed by atoms with Gasteiger partial charge in [-0.3, -0.25) is 19.2 Å². The van der Waals surface area contributed by atoms with Gasteiger partial charge in [0, 0.05) is 63.9 Å². The predicted octanol–water partition coefficient (Wildman–Crippen LogP) is -6.44. The Kier molecular flexibility index (Phi) is 21.4. The minimum Gasteiger partial charge on any atom is -0.480 e. The summed E-state index contributed by atoms with van der Waals surface area (Å²) >= 11 is 0. The lowest BCUT2D eigenvalue weighted by Crippen LogP contribution is -2.69. The molecule has 2 rings (SSSR count). The maximum absolute atomic E-state index is 13.4. The minimum atomic E-state index is -1.75. The number of aliphatic carboxylic acids is 1. The molecule has 0 spiro atoms. The second kappa shape index (κ2) is 25.0. The Labute approximate surface area is 330 Å². The van der Waals surface area contributed by atoms with Crippen molar-refractivity contribution in [3.63, 3.8) is 0 Å². The highest BCUT2D eigenvalue weighted by Crippen LogP contribution is 2.24. The molecule has 1 saturated heterocycles. The van der Waals surface area contributed by atoms with Crippen LogP contribution in [0.1, 0.15) is 64.7 Å². The average molecular weight is 819 g/mol. The number of carboxylic acid groups (broad SMARTS) is 1. The Bertz CT molecular complexity index is 1360. The molecule has 0 aromatic heterocycles. The number of carboxylic acids is 1. The first-order chi connectivity index (χ1) is 27.0. The van der Waals surface area contributed by atoms with Gasteiger partial charge in [0.25, 0.3) is 0 Å². The van der Waals surface area contributed by atoms with Crippen LogP contribution in [0.2, 0.25) is 0 Å². The second-order valence-electron chi connectivity index (χ2n) is 14.1. The molecule has 0 aromatic rings. The van der Waals surface area contributed by atoms with E-state index in [1.54, 1.807) is 0 Å². The summed E-state index contributed by atoms with van der Waals surface area (Å²) in [6, 6.07) is -5.51. The molecule has 326 valence electrons. The van der Waals surface area contributed by atoms with Gasteiger partial charge >= 0.3 is 12.1 Å². The fourth-order valence-electron chi connectivity index (χ4n) is 6.39. The van der Waals surface area contributed by atoms with Crippen molar-refractivity contribution in [3.05, 3.63) is 0 Å². The number of aliphatic hydroxyl groups is 3. The Balaban J connectivity index is 1.96. The summed E-state index contributed by atoms with van der Waals surface area (Å²) in [6.07, 6.45) is -5.76. The summed E-state index contributed by atoms with van der Waals surface area (Å²) < 4.78 is 10.8. The van der Waals surface area contributed by atoms with Crippen LogP contribution in [0.5, 0.6) is 0 Å². The lowest BCUT2D eigenvalue weighted by atomic mass is 9.95. The van der Waals surface area contributed by atoms with Gasteiger partial charge in [0.1, 0.15) is 18.2 Å². The summed E-state index contributed by atoms with van der Waals surface area (Å²) in [4.78, 5) is 77.3. The van der Waals surface area contributed by atoms with E-state index in [0.717, 1.165) is 6.42 Å². The number of amides is 5. The Morgan fingerprint density at radius 3 is 2.05 bits per heavy atom. The van der Waals surface area contributed by atoms with E-state index in [-0.39, 0.29) is 62.6 Å². The summed E-state index contributed by atoms with van der Waals surface area (Å²) in [6.45, 7) is 1.28. The van der Waals surface area contributed by atoms with Gasteiger partial charge in [0.05, 0.1) is 18.8 Å². The predicted molar refractivity (Wildman–Crippen MR) is 202 cm³/mol. The number of ether oxygens (including phenoxy) is 2. The summed E-state index contributed by atoms with van der Waals surface area (Å²) in [5.41, 5.74) is 28.1. The number of carbonyl (C=O) groups excluding carboxylic acids is 5. The number of guanidine groups is 1. The zero-order valence-corrected chi connectivity index (χ0v) is 32.1. The van der Waals surface area contributed by atoms with Gasteiger partial charge in [-0.15, -0.1) is 0 Å². The Morgan fingerprint density at radius 1 is 0.930 bits per heavy atom. The third kappa shape index (κ3) is 17.3. The molecule has 24 nitrogen and oxygen atoms in total. The molecule has 0 aromatic carbocycles. The molecule has 1 fully saturated rings. The van der Waals surface area contributed by atoms with E-state index >= 15 is 0 Å². The molecular formula is C33H62N12O12. The van der Waals surface area contributed by atoms with Crippen LogP contribution in [0.25, 0.3) is 0 Å². The van der Waals surface area contributed by atoms with Crippen LogP contribution in [0.15, 0.2) is 4.99 Å². The summed E-state index contributed by atoms with van der Waals surface area (Å²) in [5, 5.41) is 57.2. The lowest BCUT2D eigenvalue weighted by molar-refractivity contribution is -0.198. The molecule has 11 unspecified atom stereocenters. The number of nitrogens with zero attached hydrogens (tertiary/aromatic N) is 1. The van der Waals surface area contributed by atoms with Crippen LogP contribution in [0.3, 0.4) is 0 Å². The van der Waals surface area contributed by atoms with Crippen molar-refractivity contribution in [3.8, 4) is 0 Å². The number of hydrogen-bond acceptors (Lipinski definition) is 18. The first-order valence-electron chi connectivity index (χ1n) is 18.9. The van der Waals surface area contributed by atoms with E-state index in [0.29, 0.717) is 38.8 Å². The number of rotatable bonds is 25. The van der Waals surface area contributed by atoms with Crippen molar-refractivity contribution in [2.45, 2.75) is 132 Å². The van der Waals surface area contributed by atoms with Gasteiger partial charge in [-0.2, -0.15) is 0 Å². The van der Waals surface area contributed by atoms with Crippen molar-refractivity contribution in [2.75, 3.05) is 32.8 Å². The molecule has 2 aliphatic heterocycles. The van der Waals surface area contributed by atoms with Crippen molar-refractivity contribution in [2.24, 2.45) is 33.7 Å². The van der Waals surface area contributed by atoms with Gasteiger partial charge in [0.2, 0.25) is 23.6 Å². The smallest absolute Gasteiger partial charge is 0.404 e. The molecule has 20 N–H and O–H groups in total. The van der Waals surface area contributed by atoms with E-state index in [9.17, 15) is 49.2 Å². The maximum Gasteiger partial charge on any atom is 0.404 e. The number of aliphatic hydroxyl groups excluding tert-OH is 3. The van der Waals surface area contributed by atoms with Crippen molar-refractivity contribution < 1.29 is 58.7 Å². The monoisotopic (exact) mass is 818 g/mol.